The summed E-state index contributed by atoms with van der Waals surface area (Å²) in [6.07, 6.45) is 0. The number of nitrogens with zero attached hydrogens (tertiary/aromatic N) is 3. The fourth-order valence-electron chi connectivity index (χ4n) is 7.27. The minimum Gasteiger partial charge on any atom is -0.277 e. The predicted octanol–water partition coefficient (Wildman–Crippen LogP) is 12.3. The molecule has 0 N–H and O–H groups in total. The quantitative estimate of drug-likeness (QED) is 0.188. The number of rotatable bonds is 2. The molecule has 0 saturated heterocycles. The highest BCUT2D eigenvalue weighted by atomic mass is 32.1. The molecule has 0 amide bonds. The summed E-state index contributed by atoms with van der Waals surface area (Å²) in [5.74, 6) is 0.707. The highest BCUT2D eigenvalue weighted by Gasteiger charge is 2.23. The number of benzene rings is 6. The molecular formula is C40H21N3S3. The van der Waals surface area contributed by atoms with Crippen LogP contribution in [0, 0.1) is 0 Å². The van der Waals surface area contributed by atoms with E-state index in [2.05, 4.69) is 132 Å². The monoisotopic (exact) mass is 639 g/mol. The van der Waals surface area contributed by atoms with Crippen molar-refractivity contribution in [1.82, 2.24) is 14.5 Å². The van der Waals surface area contributed by atoms with Gasteiger partial charge in [-0.05, 0) is 30.3 Å². The fourth-order valence-corrected chi connectivity index (χ4v) is 10.7. The van der Waals surface area contributed by atoms with E-state index >= 15 is 0 Å². The van der Waals surface area contributed by atoms with Gasteiger partial charge in [-0.3, -0.25) is 4.57 Å². The molecule has 0 bridgehead atoms. The summed E-state index contributed by atoms with van der Waals surface area (Å²) in [4.78, 5) is 11.0. The summed E-state index contributed by atoms with van der Waals surface area (Å²) in [5.41, 5.74) is 5.44. The van der Waals surface area contributed by atoms with Gasteiger partial charge < -0.3 is 0 Å². The Morgan fingerprint density at radius 3 is 1.93 bits per heavy atom. The van der Waals surface area contributed by atoms with Crippen molar-refractivity contribution < 1.29 is 0 Å². The third-order valence-electron chi connectivity index (χ3n) is 9.24. The first-order valence-corrected chi connectivity index (χ1v) is 17.7. The Labute approximate surface area is 274 Å². The van der Waals surface area contributed by atoms with Gasteiger partial charge in [0.25, 0.3) is 0 Å². The number of hydrogen-bond acceptors (Lipinski definition) is 5. The minimum atomic E-state index is 0.707. The first-order valence-electron chi connectivity index (χ1n) is 15.3. The van der Waals surface area contributed by atoms with Crippen LogP contribution in [0.5, 0.6) is 0 Å². The van der Waals surface area contributed by atoms with Gasteiger partial charge >= 0.3 is 0 Å². The van der Waals surface area contributed by atoms with Gasteiger partial charge in [-0.25, -0.2) is 9.97 Å². The van der Waals surface area contributed by atoms with Crippen LogP contribution < -0.4 is 0 Å². The third kappa shape index (κ3) is 3.30. The molecule has 0 aliphatic rings. The van der Waals surface area contributed by atoms with Crippen LogP contribution in [0.1, 0.15) is 0 Å². The number of aromatic nitrogens is 3. The van der Waals surface area contributed by atoms with E-state index in [9.17, 15) is 0 Å². The average molecular weight is 640 g/mol. The molecule has 6 heteroatoms. The molecule has 11 aromatic rings. The van der Waals surface area contributed by atoms with Crippen LogP contribution in [0.2, 0.25) is 0 Å². The standard InChI is InChI=1S/C40H21N3S3/c1-5-16-29-22(10-1)24-20-21-33-34(26-12-3-7-18-31(26)44-33)37(24)43(29)40-41-35-27-13-4-8-19-32(27)46-39(35)36(42-40)28-15-9-14-25-23-11-2-6-17-30(23)45-38(25)28/h1-21H. The smallest absolute Gasteiger partial charge is 0.235 e. The number of fused-ring (bicyclic) bond motifs is 13. The molecule has 0 aliphatic carbocycles. The van der Waals surface area contributed by atoms with Crippen molar-refractivity contribution >= 4 is 116 Å². The molecule has 0 radical (unpaired) electrons. The molecule has 11 rings (SSSR count). The van der Waals surface area contributed by atoms with Crippen LogP contribution in [0.15, 0.2) is 127 Å². The van der Waals surface area contributed by atoms with Crippen molar-refractivity contribution in [3.05, 3.63) is 127 Å². The maximum absolute atomic E-state index is 5.57. The lowest BCUT2D eigenvalue weighted by molar-refractivity contribution is 1.02. The van der Waals surface area contributed by atoms with E-state index in [0.29, 0.717) is 5.95 Å². The summed E-state index contributed by atoms with van der Waals surface area (Å²) >= 11 is 5.49. The van der Waals surface area contributed by atoms with E-state index in [1.807, 2.05) is 22.7 Å². The van der Waals surface area contributed by atoms with Crippen molar-refractivity contribution in [2.45, 2.75) is 0 Å². The first kappa shape index (κ1) is 25.1. The summed E-state index contributed by atoms with van der Waals surface area (Å²) < 4.78 is 9.80. The number of para-hydroxylation sites is 1. The second kappa shape index (κ2) is 9.21. The summed E-state index contributed by atoms with van der Waals surface area (Å²) in [6.45, 7) is 0. The summed E-state index contributed by atoms with van der Waals surface area (Å²) in [6, 6.07) is 46.0. The van der Waals surface area contributed by atoms with Crippen molar-refractivity contribution in [3.63, 3.8) is 0 Å². The lowest BCUT2D eigenvalue weighted by Crippen LogP contribution is -2.03. The van der Waals surface area contributed by atoms with Crippen LogP contribution in [0.4, 0.5) is 0 Å². The molecule has 214 valence electrons. The Morgan fingerprint density at radius 2 is 1.09 bits per heavy atom. The van der Waals surface area contributed by atoms with Crippen molar-refractivity contribution in [3.8, 4) is 17.2 Å². The molecular weight excluding hydrogens is 619 g/mol. The third-order valence-corrected chi connectivity index (χ3v) is 12.8. The molecule has 0 fully saturated rings. The van der Waals surface area contributed by atoms with Crippen LogP contribution >= 0.6 is 34.0 Å². The lowest BCUT2D eigenvalue weighted by Gasteiger charge is -2.11. The predicted molar refractivity (Wildman–Crippen MR) is 200 cm³/mol. The molecule has 0 aliphatic heterocycles. The maximum Gasteiger partial charge on any atom is 0.235 e. The van der Waals surface area contributed by atoms with Gasteiger partial charge in [0.15, 0.2) is 0 Å². The zero-order chi connectivity index (χ0) is 29.9. The van der Waals surface area contributed by atoms with E-state index in [-0.39, 0.29) is 0 Å². The zero-order valence-electron chi connectivity index (χ0n) is 24.2. The summed E-state index contributed by atoms with van der Waals surface area (Å²) in [5, 5.41) is 8.70. The van der Waals surface area contributed by atoms with Gasteiger partial charge in [0.2, 0.25) is 5.95 Å². The Bertz CT molecular complexity index is 3050. The fraction of sp³-hybridized carbons (Fsp3) is 0. The first-order chi connectivity index (χ1) is 22.8. The Kier molecular flexibility index (Phi) is 5.02. The highest BCUT2D eigenvalue weighted by Crippen LogP contribution is 2.46. The van der Waals surface area contributed by atoms with E-state index in [1.165, 1.54) is 66.7 Å². The van der Waals surface area contributed by atoms with Gasteiger partial charge in [0.1, 0.15) is 0 Å². The number of thiophene rings is 3. The SMILES string of the molecule is c1ccc2c(c1)sc1c(-c3nc(-n4c5ccccc5c5ccc6sc7ccccc7c6c54)nc4c3sc3ccccc34)cccc12. The zero-order valence-corrected chi connectivity index (χ0v) is 26.6. The molecule has 5 aromatic heterocycles. The van der Waals surface area contributed by atoms with E-state index in [0.717, 1.165) is 27.0 Å². The molecule has 3 nitrogen and oxygen atoms in total. The van der Waals surface area contributed by atoms with Crippen LogP contribution in [-0.4, -0.2) is 14.5 Å². The number of hydrogen-bond donors (Lipinski definition) is 0. The molecule has 6 aromatic carbocycles. The van der Waals surface area contributed by atoms with Gasteiger partial charge in [-0.15, -0.1) is 34.0 Å². The highest BCUT2D eigenvalue weighted by molar-refractivity contribution is 7.27. The summed E-state index contributed by atoms with van der Waals surface area (Å²) in [7, 11) is 0. The van der Waals surface area contributed by atoms with Gasteiger partial charge in [0, 0.05) is 66.8 Å². The second-order valence-electron chi connectivity index (χ2n) is 11.7. The molecule has 5 heterocycles. The largest absolute Gasteiger partial charge is 0.277 e. The molecule has 0 saturated carbocycles. The lowest BCUT2D eigenvalue weighted by atomic mass is 10.1. The Hall–Kier alpha value is -5.14. The molecule has 46 heavy (non-hydrogen) atoms. The van der Waals surface area contributed by atoms with Crippen LogP contribution in [0.3, 0.4) is 0 Å². The van der Waals surface area contributed by atoms with Crippen molar-refractivity contribution in [1.29, 1.82) is 0 Å². The van der Waals surface area contributed by atoms with Crippen LogP contribution in [-0.2, 0) is 0 Å². The Morgan fingerprint density at radius 1 is 0.435 bits per heavy atom. The van der Waals surface area contributed by atoms with Gasteiger partial charge in [0.05, 0.1) is 26.9 Å². The maximum atomic E-state index is 5.57. The van der Waals surface area contributed by atoms with Gasteiger partial charge in [-0.1, -0.05) is 97.1 Å². The molecule has 0 atom stereocenters. The average Bonchev–Trinajstić information content (AvgIpc) is 3.86. The van der Waals surface area contributed by atoms with Crippen molar-refractivity contribution in [2.75, 3.05) is 0 Å². The second-order valence-corrected chi connectivity index (χ2v) is 14.9. The van der Waals surface area contributed by atoms with E-state index in [1.54, 1.807) is 11.3 Å². The van der Waals surface area contributed by atoms with Crippen molar-refractivity contribution in [2.24, 2.45) is 0 Å². The minimum absolute atomic E-state index is 0.707. The normalized spacial score (nSPS) is 12.3. The Balaban J connectivity index is 1.34. The molecule has 0 unspecified atom stereocenters. The molecule has 0 spiro atoms. The van der Waals surface area contributed by atoms with E-state index in [4.69, 9.17) is 9.97 Å². The van der Waals surface area contributed by atoms with E-state index < -0.39 is 0 Å². The van der Waals surface area contributed by atoms with Gasteiger partial charge in [-0.2, -0.15) is 0 Å². The topological polar surface area (TPSA) is 30.7 Å². The van der Waals surface area contributed by atoms with Crippen LogP contribution in [0.25, 0.3) is 99.7 Å².